The molecule has 2 rings (SSSR count). The first-order valence-electron chi connectivity index (χ1n) is 10.0. The molecule has 0 aliphatic rings. The van der Waals surface area contributed by atoms with Gasteiger partial charge in [-0.1, -0.05) is 13.8 Å². The second kappa shape index (κ2) is 15.9. The van der Waals surface area contributed by atoms with Crippen molar-refractivity contribution in [3.8, 4) is 0 Å². The molecule has 0 saturated carbocycles. The molecule has 0 fully saturated rings. The summed E-state index contributed by atoms with van der Waals surface area (Å²) in [6.07, 6.45) is 4.05. The lowest BCUT2D eigenvalue weighted by molar-refractivity contribution is -0.121. The highest BCUT2D eigenvalue weighted by atomic mass is 19.2. The predicted octanol–water partition coefficient (Wildman–Crippen LogP) is 2.45. The molecule has 0 spiro atoms. The molecule has 1 atom stereocenters. The van der Waals surface area contributed by atoms with Crippen LogP contribution in [0, 0.1) is 17.5 Å². The van der Waals surface area contributed by atoms with Crippen LogP contribution in [-0.2, 0) is 23.1 Å². The Hall–Kier alpha value is -2.88. The summed E-state index contributed by atoms with van der Waals surface area (Å²) < 4.78 is 41.1. The number of nitrogens with two attached hydrogens (primary N) is 1. The Morgan fingerprint density at radius 1 is 1.10 bits per heavy atom. The maximum atomic E-state index is 13.5. The summed E-state index contributed by atoms with van der Waals surface area (Å²) in [6.45, 7) is 6.21. The Labute approximate surface area is 181 Å². The predicted molar refractivity (Wildman–Crippen MR) is 113 cm³/mol. The van der Waals surface area contributed by atoms with Crippen LogP contribution in [0.3, 0.4) is 0 Å². The van der Waals surface area contributed by atoms with Gasteiger partial charge in [0, 0.05) is 58.0 Å². The molecule has 0 radical (unpaired) electrons. The van der Waals surface area contributed by atoms with E-state index in [0.717, 1.165) is 6.07 Å². The number of nitrogens with zero attached hydrogens (tertiary/aromatic N) is 2. The molecule has 0 bridgehead atoms. The molecular formula is C21H32F3N5O2. The van der Waals surface area contributed by atoms with Crippen molar-refractivity contribution in [2.45, 2.75) is 46.1 Å². The van der Waals surface area contributed by atoms with Gasteiger partial charge >= 0.3 is 0 Å². The Kier molecular flexibility index (Phi) is 14.4. The van der Waals surface area contributed by atoms with Crippen LogP contribution in [0.15, 0.2) is 30.6 Å². The molecule has 0 saturated heterocycles. The molecule has 0 aliphatic heterocycles. The van der Waals surface area contributed by atoms with E-state index < -0.39 is 23.5 Å². The van der Waals surface area contributed by atoms with E-state index in [4.69, 9.17) is 5.73 Å². The fourth-order valence-corrected chi connectivity index (χ4v) is 2.31. The third-order valence-electron chi connectivity index (χ3n) is 3.71. The number of aromatic nitrogens is 2. The van der Waals surface area contributed by atoms with Crippen molar-refractivity contribution < 1.29 is 22.8 Å². The Morgan fingerprint density at radius 3 is 2.23 bits per heavy atom. The molecule has 174 valence electrons. The van der Waals surface area contributed by atoms with Gasteiger partial charge in [0.15, 0.2) is 11.6 Å². The monoisotopic (exact) mass is 443 g/mol. The van der Waals surface area contributed by atoms with Crippen LogP contribution in [0.2, 0.25) is 0 Å². The zero-order valence-electron chi connectivity index (χ0n) is 18.4. The molecule has 1 heterocycles. The number of carbonyl (C=O) groups is 2. The van der Waals surface area contributed by atoms with E-state index in [-0.39, 0.29) is 30.2 Å². The number of amides is 2. The zero-order chi connectivity index (χ0) is 23.8. The summed E-state index contributed by atoms with van der Waals surface area (Å²) in [7, 11) is 1.89. The molecule has 4 N–H and O–H groups in total. The van der Waals surface area contributed by atoms with Gasteiger partial charge < -0.3 is 16.4 Å². The van der Waals surface area contributed by atoms with E-state index >= 15 is 0 Å². The third-order valence-corrected chi connectivity index (χ3v) is 3.71. The SMILES string of the molecule is CC.CC(=O)NCCCNC(=O)CC(N)Cc1cc(F)c(F)cc1F.Cn1cccn1. The maximum absolute atomic E-state index is 13.5. The van der Waals surface area contributed by atoms with Crippen LogP contribution < -0.4 is 16.4 Å². The summed E-state index contributed by atoms with van der Waals surface area (Å²) in [4.78, 5) is 22.3. The lowest BCUT2D eigenvalue weighted by Gasteiger charge is -2.13. The van der Waals surface area contributed by atoms with E-state index in [1.54, 1.807) is 10.9 Å². The zero-order valence-corrected chi connectivity index (χ0v) is 18.4. The number of aryl methyl sites for hydroxylation is 1. The molecular weight excluding hydrogens is 411 g/mol. The topological polar surface area (TPSA) is 102 Å². The first-order valence-corrected chi connectivity index (χ1v) is 10.0. The second-order valence-corrected chi connectivity index (χ2v) is 6.39. The van der Waals surface area contributed by atoms with Gasteiger partial charge in [-0.05, 0) is 30.5 Å². The van der Waals surface area contributed by atoms with Gasteiger partial charge in [0.1, 0.15) is 5.82 Å². The average molecular weight is 444 g/mol. The van der Waals surface area contributed by atoms with Crippen LogP contribution in [0.4, 0.5) is 13.2 Å². The summed E-state index contributed by atoms with van der Waals surface area (Å²) in [5, 5.41) is 9.03. The van der Waals surface area contributed by atoms with Crippen molar-refractivity contribution in [2.24, 2.45) is 12.8 Å². The Morgan fingerprint density at radius 2 is 1.71 bits per heavy atom. The maximum Gasteiger partial charge on any atom is 0.221 e. The molecule has 2 aromatic rings. The second-order valence-electron chi connectivity index (χ2n) is 6.39. The quantitative estimate of drug-likeness (QED) is 0.431. The Balaban J connectivity index is 0.000000945. The van der Waals surface area contributed by atoms with E-state index in [1.807, 2.05) is 33.2 Å². The first-order chi connectivity index (χ1) is 14.7. The summed E-state index contributed by atoms with van der Waals surface area (Å²) >= 11 is 0. The molecule has 7 nitrogen and oxygen atoms in total. The molecule has 1 unspecified atom stereocenters. The van der Waals surface area contributed by atoms with Gasteiger partial charge in [-0.2, -0.15) is 5.10 Å². The van der Waals surface area contributed by atoms with Gasteiger partial charge in [0.2, 0.25) is 11.8 Å². The number of hydrogen-bond acceptors (Lipinski definition) is 4. The number of benzene rings is 1. The highest BCUT2D eigenvalue weighted by Gasteiger charge is 2.15. The minimum absolute atomic E-state index is 0.0709. The highest BCUT2D eigenvalue weighted by Crippen LogP contribution is 2.15. The van der Waals surface area contributed by atoms with Crippen molar-refractivity contribution in [1.29, 1.82) is 0 Å². The normalized spacial score (nSPS) is 10.7. The molecule has 31 heavy (non-hydrogen) atoms. The molecule has 0 aliphatic carbocycles. The minimum atomic E-state index is -1.27. The fourth-order valence-electron chi connectivity index (χ4n) is 2.31. The number of carbonyl (C=O) groups excluding carboxylic acids is 2. The lowest BCUT2D eigenvalue weighted by Crippen LogP contribution is -2.34. The number of rotatable bonds is 8. The van der Waals surface area contributed by atoms with Gasteiger partial charge in [0.25, 0.3) is 0 Å². The van der Waals surface area contributed by atoms with Crippen LogP contribution >= 0.6 is 0 Å². The Bertz CT molecular complexity index is 786. The van der Waals surface area contributed by atoms with Gasteiger partial charge in [-0.25, -0.2) is 13.2 Å². The van der Waals surface area contributed by atoms with Crippen molar-refractivity contribution in [1.82, 2.24) is 20.4 Å². The summed E-state index contributed by atoms with van der Waals surface area (Å²) in [5.41, 5.74) is 5.66. The van der Waals surface area contributed by atoms with Gasteiger partial charge in [-0.3, -0.25) is 14.3 Å². The van der Waals surface area contributed by atoms with Gasteiger partial charge in [-0.15, -0.1) is 0 Å². The minimum Gasteiger partial charge on any atom is -0.356 e. The van der Waals surface area contributed by atoms with Crippen molar-refractivity contribution in [3.63, 3.8) is 0 Å². The van der Waals surface area contributed by atoms with Crippen LogP contribution in [0.5, 0.6) is 0 Å². The first kappa shape index (κ1) is 28.1. The molecule has 1 aromatic heterocycles. The average Bonchev–Trinajstić information content (AvgIpc) is 3.18. The van der Waals surface area contributed by atoms with E-state index in [2.05, 4.69) is 15.7 Å². The molecule has 10 heteroatoms. The molecule has 2 amide bonds. The number of hydrogen-bond donors (Lipinski definition) is 3. The standard InChI is InChI=1S/C15H20F3N3O2.C4H6N2.C2H6/c1-9(22)20-3-2-4-21-15(23)7-11(19)5-10-6-13(17)14(18)8-12(10)16;1-6-4-2-3-5-6;1-2/h6,8,11H,2-5,7,19H2,1H3,(H,20,22)(H,21,23);2-4H,1H3;1-2H3. The fraction of sp³-hybridized carbons (Fsp3) is 0.476. The van der Waals surface area contributed by atoms with Crippen LogP contribution in [-0.4, -0.2) is 40.7 Å². The van der Waals surface area contributed by atoms with E-state index in [1.165, 1.54) is 6.92 Å². The van der Waals surface area contributed by atoms with E-state index in [9.17, 15) is 22.8 Å². The summed E-state index contributed by atoms with van der Waals surface area (Å²) in [5.74, 6) is -3.79. The third kappa shape index (κ3) is 13.1. The summed E-state index contributed by atoms with van der Waals surface area (Å²) in [6, 6.07) is 2.37. The molecule has 1 aromatic carbocycles. The highest BCUT2D eigenvalue weighted by molar-refractivity contribution is 5.76. The lowest BCUT2D eigenvalue weighted by atomic mass is 10.0. The smallest absolute Gasteiger partial charge is 0.221 e. The van der Waals surface area contributed by atoms with Crippen molar-refractivity contribution in [2.75, 3.05) is 13.1 Å². The number of halogens is 3. The largest absolute Gasteiger partial charge is 0.356 e. The van der Waals surface area contributed by atoms with Crippen LogP contribution in [0.25, 0.3) is 0 Å². The van der Waals surface area contributed by atoms with Crippen molar-refractivity contribution in [3.05, 3.63) is 53.6 Å². The van der Waals surface area contributed by atoms with Crippen LogP contribution in [0.1, 0.15) is 39.2 Å². The van der Waals surface area contributed by atoms with Crippen molar-refractivity contribution >= 4 is 11.8 Å². The number of nitrogens with one attached hydrogen (secondary N) is 2. The van der Waals surface area contributed by atoms with Gasteiger partial charge in [0.05, 0.1) is 0 Å². The van der Waals surface area contributed by atoms with E-state index in [0.29, 0.717) is 25.6 Å².